The molecule has 0 spiro atoms. The van der Waals surface area contributed by atoms with E-state index < -0.39 is 5.97 Å². The van der Waals surface area contributed by atoms with Gasteiger partial charge in [-0.25, -0.2) is 4.79 Å². The number of nitrogens with one attached hydrogen (secondary N) is 1. The van der Waals surface area contributed by atoms with Crippen LogP contribution in [0.25, 0.3) is 0 Å². The number of amides is 1. The average molecular weight is 321 g/mol. The summed E-state index contributed by atoms with van der Waals surface area (Å²) < 4.78 is 0. The first-order valence-electron chi connectivity index (χ1n) is 6.84. The number of hydrogen-bond donors (Lipinski definition) is 2. The van der Waals surface area contributed by atoms with Gasteiger partial charge >= 0.3 is 5.97 Å². The molecule has 0 saturated carbocycles. The molecule has 4 nitrogen and oxygen atoms in total. The molecule has 6 heteroatoms. The Balaban J connectivity index is 1.83. The number of aryl methyl sites for hydroxylation is 1. The van der Waals surface area contributed by atoms with E-state index in [0.717, 1.165) is 41.7 Å². The molecule has 2 heterocycles. The van der Waals surface area contributed by atoms with Gasteiger partial charge in [-0.2, -0.15) is 11.3 Å². The quantitative estimate of drug-likeness (QED) is 0.904. The number of hydrogen-bond acceptors (Lipinski definition) is 4. The Labute approximate surface area is 130 Å². The molecule has 0 atom stereocenters. The van der Waals surface area contributed by atoms with E-state index >= 15 is 0 Å². The molecule has 2 N–H and O–H groups in total. The van der Waals surface area contributed by atoms with E-state index in [0.29, 0.717) is 10.6 Å². The van der Waals surface area contributed by atoms with E-state index in [9.17, 15) is 14.7 Å². The summed E-state index contributed by atoms with van der Waals surface area (Å²) in [7, 11) is 0. The van der Waals surface area contributed by atoms with Crippen LogP contribution in [0.5, 0.6) is 0 Å². The van der Waals surface area contributed by atoms with Crippen molar-refractivity contribution in [1.82, 2.24) is 0 Å². The van der Waals surface area contributed by atoms with Crippen molar-refractivity contribution in [3.8, 4) is 0 Å². The Kier molecular flexibility index (Phi) is 4.07. The Morgan fingerprint density at radius 2 is 2.10 bits per heavy atom. The Bertz CT molecular complexity index is 673. The van der Waals surface area contributed by atoms with Gasteiger partial charge in [0.15, 0.2) is 0 Å². The summed E-state index contributed by atoms with van der Waals surface area (Å²) in [6.45, 7) is 0. The van der Waals surface area contributed by atoms with Crippen LogP contribution in [0.3, 0.4) is 0 Å². The predicted molar refractivity (Wildman–Crippen MR) is 84.6 cm³/mol. The first kappa shape index (κ1) is 14.3. The molecular weight excluding hydrogens is 306 g/mol. The first-order chi connectivity index (χ1) is 10.1. The Morgan fingerprint density at radius 3 is 2.81 bits per heavy atom. The summed E-state index contributed by atoms with van der Waals surface area (Å²) in [5.41, 5.74) is 2.17. The fourth-order valence-corrected chi connectivity index (χ4v) is 4.60. The lowest BCUT2D eigenvalue weighted by Gasteiger charge is -2.10. The van der Waals surface area contributed by atoms with Crippen LogP contribution in [-0.2, 0) is 24.1 Å². The summed E-state index contributed by atoms with van der Waals surface area (Å²) in [6, 6.07) is 1.90. The Hall–Kier alpha value is -1.66. The van der Waals surface area contributed by atoms with E-state index in [2.05, 4.69) is 5.32 Å². The fraction of sp³-hybridized carbons (Fsp3) is 0.333. The highest BCUT2D eigenvalue weighted by Crippen LogP contribution is 2.38. The summed E-state index contributed by atoms with van der Waals surface area (Å²) in [5.74, 6) is -1.10. The zero-order chi connectivity index (χ0) is 14.8. The topological polar surface area (TPSA) is 66.4 Å². The lowest BCUT2D eigenvalue weighted by atomic mass is 9.95. The largest absolute Gasteiger partial charge is 0.478 e. The maximum atomic E-state index is 12.1. The van der Waals surface area contributed by atoms with Gasteiger partial charge in [0, 0.05) is 4.88 Å². The summed E-state index contributed by atoms with van der Waals surface area (Å²) in [4.78, 5) is 24.7. The van der Waals surface area contributed by atoms with Crippen LogP contribution in [0.15, 0.2) is 16.8 Å². The SMILES string of the molecule is O=C(Cc1ccsc1)Nc1sc2c(c1C(=O)O)CCCC2. The normalized spacial score (nSPS) is 13.7. The van der Waals surface area contributed by atoms with E-state index in [4.69, 9.17) is 0 Å². The van der Waals surface area contributed by atoms with Gasteiger partial charge in [0.05, 0.1) is 12.0 Å². The van der Waals surface area contributed by atoms with E-state index in [-0.39, 0.29) is 12.3 Å². The zero-order valence-corrected chi connectivity index (χ0v) is 13.0. The van der Waals surface area contributed by atoms with Crippen molar-refractivity contribution in [2.45, 2.75) is 32.1 Å². The van der Waals surface area contributed by atoms with Gasteiger partial charge in [-0.1, -0.05) is 0 Å². The van der Waals surface area contributed by atoms with Gasteiger partial charge in [-0.3, -0.25) is 4.79 Å². The maximum absolute atomic E-state index is 12.1. The second-order valence-corrected chi connectivity index (χ2v) is 6.96. The summed E-state index contributed by atoms with van der Waals surface area (Å²) >= 11 is 2.97. The number of carbonyl (C=O) groups excluding carboxylic acids is 1. The lowest BCUT2D eigenvalue weighted by Crippen LogP contribution is -2.15. The monoisotopic (exact) mass is 321 g/mol. The highest BCUT2D eigenvalue weighted by molar-refractivity contribution is 7.17. The highest BCUT2D eigenvalue weighted by atomic mass is 32.1. The molecule has 2 aromatic rings. The summed E-state index contributed by atoms with van der Waals surface area (Å²) in [6.07, 6.45) is 4.11. The number of carboxylic acids is 1. The van der Waals surface area contributed by atoms with Crippen molar-refractivity contribution in [1.29, 1.82) is 0 Å². The van der Waals surface area contributed by atoms with Crippen molar-refractivity contribution in [2.75, 3.05) is 5.32 Å². The number of carboxylic acid groups (broad SMARTS) is 1. The molecule has 0 unspecified atom stereocenters. The number of aromatic carboxylic acids is 1. The van der Waals surface area contributed by atoms with Crippen LogP contribution in [0.1, 0.15) is 39.2 Å². The third-order valence-corrected chi connectivity index (χ3v) is 5.52. The van der Waals surface area contributed by atoms with Gasteiger partial charge in [-0.05, 0) is 53.6 Å². The van der Waals surface area contributed by atoms with E-state index in [1.54, 1.807) is 11.3 Å². The molecule has 1 aliphatic rings. The van der Waals surface area contributed by atoms with Crippen LogP contribution < -0.4 is 5.32 Å². The van der Waals surface area contributed by atoms with Crippen molar-refractivity contribution in [2.24, 2.45) is 0 Å². The second-order valence-electron chi connectivity index (χ2n) is 5.08. The number of thiophene rings is 2. The molecule has 0 saturated heterocycles. The zero-order valence-electron chi connectivity index (χ0n) is 11.3. The second kappa shape index (κ2) is 5.99. The first-order valence-corrected chi connectivity index (χ1v) is 8.60. The van der Waals surface area contributed by atoms with Crippen molar-refractivity contribution >= 4 is 39.6 Å². The van der Waals surface area contributed by atoms with Gasteiger partial charge in [-0.15, -0.1) is 11.3 Å². The van der Waals surface area contributed by atoms with Crippen molar-refractivity contribution in [3.05, 3.63) is 38.4 Å². The van der Waals surface area contributed by atoms with Crippen LogP contribution >= 0.6 is 22.7 Å². The molecule has 0 bridgehead atoms. The fourth-order valence-electron chi connectivity index (χ4n) is 2.63. The maximum Gasteiger partial charge on any atom is 0.339 e. The molecule has 1 amide bonds. The minimum absolute atomic E-state index is 0.158. The summed E-state index contributed by atoms with van der Waals surface area (Å²) in [5, 5.41) is 16.6. The molecule has 110 valence electrons. The number of carbonyl (C=O) groups is 2. The van der Waals surface area contributed by atoms with Gasteiger partial charge < -0.3 is 10.4 Å². The number of fused-ring (bicyclic) bond motifs is 1. The third-order valence-electron chi connectivity index (χ3n) is 3.58. The van der Waals surface area contributed by atoms with Crippen molar-refractivity contribution < 1.29 is 14.7 Å². The molecule has 21 heavy (non-hydrogen) atoms. The highest BCUT2D eigenvalue weighted by Gasteiger charge is 2.25. The molecule has 3 rings (SSSR count). The van der Waals surface area contributed by atoms with Gasteiger partial charge in [0.2, 0.25) is 5.91 Å². The molecular formula is C15H15NO3S2. The molecule has 0 fully saturated rings. The predicted octanol–water partition coefficient (Wildman–Crippen LogP) is 3.57. The van der Waals surface area contributed by atoms with E-state index in [1.807, 2.05) is 16.8 Å². The van der Waals surface area contributed by atoms with Crippen LogP contribution in [0, 0.1) is 0 Å². The number of anilines is 1. The smallest absolute Gasteiger partial charge is 0.339 e. The molecule has 0 aromatic carbocycles. The molecule has 1 aliphatic carbocycles. The average Bonchev–Trinajstić information content (AvgIpc) is 3.04. The number of rotatable bonds is 4. The van der Waals surface area contributed by atoms with Gasteiger partial charge in [0.25, 0.3) is 0 Å². The van der Waals surface area contributed by atoms with Crippen LogP contribution in [-0.4, -0.2) is 17.0 Å². The van der Waals surface area contributed by atoms with Crippen molar-refractivity contribution in [3.63, 3.8) is 0 Å². The minimum Gasteiger partial charge on any atom is -0.478 e. The van der Waals surface area contributed by atoms with Gasteiger partial charge in [0.1, 0.15) is 5.00 Å². The molecule has 2 aromatic heterocycles. The third kappa shape index (κ3) is 3.01. The lowest BCUT2D eigenvalue weighted by molar-refractivity contribution is -0.115. The minimum atomic E-state index is -0.944. The molecule has 0 aliphatic heterocycles. The van der Waals surface area contributed by atoms with Crippen LogP contribution in [0.2, 0.25) is 0 Å². The Morgan fingerprint density at radius 1 is 1.29 bits per heavy atom. The van der Waals surface area contributed by atoms with E-state index in [1.165, 1.54) is 11.3 Å². The van der Waals surface area contributed by atoms with Crippen LogP contribution in [0.4, 0.5) is 5.00 Å². The molecule has 0 radical (unpaired) electrons. The standard InChI is InChI=1S/C15H15NO3S2/c17-12(7-9-5-6-20-8-9)16-14-13(15(18)19)10-3-1-2-4-11(10)21-14/h5-6,8H,1-4,7H2,(H,16,17)(H,18,19).